The molecule has 0 aliphatic rings. The first-order valence-corrected chi connectivity index (χ1v) is 6.31. The number of nitrogens with zero attached hydrogens (tertiary/aromatic N) is 1. The molecule has 0 N–H and O–H groups in total. The fourth-order valence-corrected chi connectivity index (χ4v) is 2.19. The molecule has 4 heteroatoms. The van der Waals surface area contributed by atoms with Gasteiger partial charge in [0.05, 0.1) is 12.8 Å². The molecule has 2 aromatic rings. The second-order valence-corrected chi connectivity index (χ2v) is 4.27. The second-order valence-electron chi connectivity index (χ2n) is 3.43. The van der Waals surface area contributed by atoms with E-state index >= 15 is 0 Å². The van der Waals surface area contributed by atoms with Crippen molar-refractivity contribution in [1.82, 2.24) is 4.98 Å². The van der Waals surface area contributed by atoms with E-state index in [9.17, 15) is 4.39 Å². The molecule has 0 radical (unpaired) electrons. The van der Waals surface area contributed by atoms with Gasteiger partial charge in [-0.25, -0.2) is 4.39 Å². The van der Waals surface area contributed by atoms with Gasteiger partial charge in [0.15, 0.2) is 0 Å². The molecule has 1 heterocycles. The Morgan fingerprint density at radius 3 is 2.76 bits per heavy atom. The average molecular weight is 249 g/mol. The number of thioether (sulfide) groups is 1. The maximum Gasteiger partial charge on any atom is 0.124 e. The highest BCUT2D eigenvalue weighted by Gasteiger charge is 2.07. The number of hydrogen-bond donors (Lipinski definition) is 0. The van der Waals surface area contributed by atoms with Crippen molar-refractivity contribution >= 4 is 11.8 Å². The fraction of sp³-hybridized carbons (Fsp3) is 0.154. The minimum Gasteiger partial charge on any atom is -0.497 e. The third kappa shape index (κ3) is 2.58. The molecule has 88 valence electrons. The molecule has 0 atom stereocenters. The molecule has 17 heavy (non-hydrogen) atoms. The number of rotatable bonds is 3. The Bertz CT molecular complexity index is 531. The molecule has 2 nitrogen and oxygen atoms in total. The summed E-state index contributed by atoms with van der Waals surface area (Å²) in [4.78, 5) is 5.15. The van der Waals surface area contributed by atoms with Gasteiger partial charge in [0.1, 0.15) is 11.6 Å². The van der Waals surface area contributed by atoms with Crippen LogP contribution < -0.4 is 4.74 Å². The molecule has 0 spiro atoms. The van der Waals surface area contributed by atoms with E-state index in [4.69, 9.17) is 4.74 Å². The molecular formula is C13H12FNOS. The van der Waals surface area contributed by atoms with Gasteiger partial charge in [0.2, 0.25) is 0 Å². The van der Waals surface area contributed by atoms with E-state index in [0.29, 0.717) is 0 Å². The summed E-state index contributed by atoms with van der Waals surface area (Å²) < 4.78 is 18.3. The van der Waals surface area contributed by atoms with Gasteiger partial charge >= 0.3 is 0 Å². The second kappa shape index (κ2) is 5.19. The van der Waals surface area contributed by atoms with Gasteiger partial charge in [-0.15, -0.1) is 11.8 Å². The topological polar surface area (TPSA) is 22.1 Å². The molecule has 0 saturated carbocycles. The van der Waals surface area contributed by atoms with Crippen molar-refractivity contribution in [2.75, 3.05) is 13.4 Å². The lowest BCUT2D eigenvalue weighted by Gasteiger charge is -2.08. The molecule has 2 rings (SSSR count). The normalized spacial score (nSPS) is 10.3. The summed E-state index contributed by atoms with van der Waals surface area (Å²) in [7, 11) is 1.61. The van der Waals surface area contributed by atoms with Gasteiger partial charge in [-0.1, -0.05) is 0 Å². The number of ether oxygens (including phenoxy) is 1. The fourth-order valence-electron chi connectivity index (χ4n) is 1.56. The van der Waals surface area contributed by atoms with Crippen molar-refractivity contribution in [3.05, 3.63) is 42.3 Å². The standard InChI is InChI=1S/C13H12FNOS/c1-16-10-5-6-15-12(8-10)11-4-3-9(14)7-13(11)17-2/h3-8H,1-2H3. The first kappa shape index (κ1) is 11.9. The Balaban J connectivity index is 2.51. The van der Waals surface area contributed by atoms with Gasteiger partial charge in [0, 0.05) is 22.7 Å². The van der Waals surface area contributed by atoms with Crippen molar-refractivity contribution in [3.8, 4) is 17.0 Å². The zero-order valence-electron chi connectivity index (χ0n) is 9.61. The van der Waals surface area contributed by atoms with Crippen LogP contribution in [0.4, 0.5) is 4.39 Å². The van der Waals surface area contributed by atoms with Crippen molar-refractivity contribution in [1.29, 1.82) is 0 Å². The highest BCUT2D eigenvalue weighted by molar-refractivity contribution is 7.98. The number of pyridine rings is 1. The number of aromatic nitrogens is 1. The summed E-state index contributed by atoms with van der Waals surface area (Å²) in [6.07, 6.45) is 3.60. The molecule has 0 aliphatic heterocycles. The third-order valence-corrected chi connectivity index (χ3v) is 3.18. The summed E-state index contributed by atoms with van der Waals surface area (Å²) >= 11 is 1.50. The van der Waals surface area contributed by atoms with Crippen molar-refractivity contribution in [2.24, 2.45) is 0 Å². The molecule has 0 fully saturated rings. The Labute approximate surface area is 104 Å². The summed E-state index contributed by atoms with van der Waals surface area (Å²) in [5, 5.41) is 0. The Hall–Kier alpha value is -1.55. The zero-order valence-corrected chi connectivity index (χ0v) is 10.4. The van der Waals surface area contributed by atoms with Crippen LogP contribution in [0.1, 0.15) is 0 Å². The zero-order chi connectivity index (χ0) is 12.3. The van der Waals surface area contributed by atoms with Crippen LogP contribution in [0, 0.1) is 5.82 Å². The summed E-state index contributed by atoms with van der Waals surface area (Å²) in [6, 6.07) is 8.32. The number of benzene rings is 1. The SMILES string of the molecule is COc1ccnc(-c2ccc(F)cc2SC)c1. The summed E-state index contributed by atoms with van der Waals surface area (Å²) in [5.74, 6) is 0.507. The van der Waals surface area contributed by atoms with Crippen molar-refractivity contribution < 1.29 is 9.13 Å². The van der Waals surface area contributed by atoms with E-state index in [1.807, 2.05) is 12.3 Å². The van der Waals surface area contributed by atoms with E-state index in [2.05, 4.69) is 4.98 Å². The monoisotopic (exact) mass is 249 g/mol. The first-order chi connectivity index (χ1) is 8.24. The predicted octanol–water partition coefficient (Wildman–Crippen LogP) is 3.62. The van der Waals surface area contributed by atoms with E-state index < -0.39 is 0 Å². The van der Waals surface area contributed by atoms with Crippen LogP contribution in [0.2, 0.25) is 0 Å². The van der Waals surface area contributed by atoms with Gasteiger partial charge in [0.25, 0.3) is 0 Å². The number of hydrogen-bond acceptors (Lipinski definition) is 3. The molecule has 0 bridgehead atoms. The van der Waals surface area contributed by atoms with E-state index in [1.54, 1.807) is 25.4 Å². The van der Waals surface area contributed by atoms with Gasteiger partial charge in [-0.3, -0.25) is 4.98 Å². The highest BCUT2D eigenvalue weighted by Crippen LogP contribution is 2.30. The minimum atomic E-state index is -0.235. The molecular weight excluding hydrogens is 237 g/mol. The third-order valence-electron chi connectivity index (χ3n) is 2.41. The smallest absolute Gasteiger partial charge is 0.124 e. The largest absolute Gasteiger partial charge is 0.497 e. The molecule has 1 aromatic carbocycles. The van der Waals surface area contributed by atoms with Crippen LogP contribution >= 0.6 is 11.8 Å². The lowest BCUT2D eigenvalue weighted by molar-refractivity contribution is 0.414. The maximum atomic E-state index is 13.1. The van der Waals surface area contributed by atoms with E-state index in [1.165, 1.54) is 23.9 Å². The average Bonchev–Trinajstić information content (AvgIpc) is 2.38. The van der Waals surface area contributed by atoms with E-state index in [-0.39, 0.29) is 5.82 Å². The lowest BCUT2D eigenvalue weighted by Crippen LogP contribution is -1.89. The van der Waals surface area contributed by atoms with Gasteiger partial charge < -0.3 is 4.74 Å². The quantitative estimate of drug-likeness (QED) is 0.776. The molecule has 0 aliphatic carbocycles. The first-order valence-electron chi connectivity index (χ1n) is 5.08. The molecule has 0 amide bonds. The Morgan fingerprint density at radius 2 is 2.06 bits per heavy atom. The summed E-state index contributed by atoms with van der Waals surface area (Å²) in [5.41, 5.74) is 1.70. The van der Waals surface area contributed by atoms with Crippen LogP contribution in [-0.2, 0) is 0 Å². The van der Waals surface area contributed by atoms with Crippen LogP contribution in [-0.4, -0.2) is 18.3 Å². The van der Waals surface area contributed by atoms with Crippen molar-refractivity contribution in [3.63, 3.8) is 0 Å². The lowest BCUT2D eigenvalue weighted by atomic mass is 10.1. The predicted molar refractivity (Wildman–Crippen MR) is 68.0 cm³/mol. The maximum absolute atomic E-state index is 13.1. The van der Waals surface area contributed by atoms with Crippen LogP contribution in [0.25, 0.3) is 11.3 Å². The molecule has 0 saturated heterocycles. The van der Waals surface area contributed by atoms with E-state index in [0.717, 1.165) is 21.9 Å². The van der Waals surface area contributed by atoms with Crippen molar-refractivity contribution in [2.45, 2.75) is 4.90 Å². The van der Waals surface area contributed by atoms with Crippen LogP contribution in [0.3, 0.4) is 0 Å². The minimum absolute atomic E-state index is 0.235. The number of halogens is 1. The van der Waals surface area contributed by atoms with Gasteiger partial charge in [-0.2, -0.15) is 0 Å². The Morgan fingerprint density at radius 1 is 1.24 bits per heavy atom. The Kier molecular flexibility index (Phi) is 3.64. The van der Waals surface area contributed by atoms with Crippen LogP contribution in [0.5, 0.6) is 5.75 Å². The van der Waals surface area contributed by atoms with Gasteiger partial charge in [-0.05, 0) is 30.5 Å². The highest BCUT2D eigenvalue weighted by atomic mass is 32.2. The molecule has 1 aromatic heterocycles. The summed E-state index contributed by atoms with van der Waals surface area (Å²) in [6.45, 7) is 0. The van der Waals surface area contributed by atoms with Crippen LogP contribution in [0.15, 0.2) is 41.4 Å². The molecule has 0 unspecified atom stereocenters. The number of methoxy groups -OCH3 is 1.